The number of nitrogens with zero attached hydrogens (tertiary/aromatic N) is 3. The zero-order valence-electron chi connectivity index (χ0n) is 13.4. The summed E-state index contributed by atoms with van der Waals surface area (Å²) >= 11 is 1.20. The van der Waals surface area contributed by atoms with E-state index in [4.69, 9.17) is 12.3 Å². The average Bonchev–Trinajstić information content (AvgIpc) is 3.00. The third kappa shape index (κ3) is 4.72. The first-order valence-electron chi connectivity index (χ1n) is 7.22. The lowest BCUT2D eigenvalue weighted by molar-refractivity contribution is -0.134. The van der Waals surface area contributed by atoms with Crippen molar-refractivity contribution in [2.75, 3.05) is 32.0 Å². The molecule has 2 aromatic rings. The molecule has 25 heavy (non-hydrogen) atoms. The fourth-order valence-electron chi connectivity index (χ4n) is 1.92. The molecule has 2 rings (SSSR count). The number of fused-ring (bicyclic) bond motifs is 1. The molecule has 0 aliphatic carbocycles. The Morgan fingerprint density at radius 3 is 2.80 bits per heavy atom. The van der Waals surface area contributed by atoms with Crippen molar-refractivity contribution in [2.24, 2.45) is 5.73 Å². The maximum Gasteiger partial charge on any atom is 0.245 e. The molecule has 0 fully saturated rings. The molecule has 0 atom stereocenters. The van der Waals surface area contributed by atoms with Crippen molar-refractivity contribution >= 4 is 50.1 Å². The topological polar surface area (TPSA) is 122 Å². The van der Waals surface area contributed by atoms with Crippen LogP contribution in [0.3, 0.4) is 0 Å². The van der Waals surface area contributed by atoms with E-state index in [-0.39, 0.29) is 19.6 Å². The second-order valence-electron chi connectivity index (χ2n) is 5.04. The summed E-state index contributed by atoms with van der Waals surface area (Å²) in [6.45, 7) is 6.51. The smallest absolute Gasteiger partial charge is 0.245 e. The quantitative estimate of drug-likeness (QED) is 0.641. The van der Waals surface area contributed by atoms with E-state index in [1.165, 1.54) is 23.3 Å². The third-order valence-corrected chi connectivity index (χ3v) is 4.20. The molecule has 1 aromatic heterocycles. The monoisotopic (exact) mass is 360 g/mol. The van der Waals surface area contributed by atoms with Crippen molar-refractivity contribution in [1.29, 1.82) is 0 Å². The second kappa shape index (κ2) is 8.18. The highest BCUT2D eigenvalue weighted by molar-refractivity contribution is 7.23. The number of nitrogens with one attached hydrogen (secondary N) is 2. The Labute approximate surface area is 147 Å². The second-order valence-corrected chi connectivity index (χ2v) is 6.03. The number of amides is 3. The number of hydrogen-bond donors (Lipinski definition) is 3. The molecular formula is C15H16N6O3S. The van der Waals surface area contributed by atoms with E-state index in [0.29, 0.717) is 21.0 Å². The van der Waals surface area contributed by atoms with Crippen LogP contribution in [-0.2, 0) is 14.4 Å². The molecule has 1 heterocycles. The van der Waals surface area contributed by atoms with Gasteiger partial charge in [0.2, 0.25) is 23.4 Å². The van der Waals surface area contributed by atoms with Crippen molar-refractivity contribution in [1.82, 2.24) is 15.2 Å². The van der Waals surface area contributed by atoms with E-state index >= 15 is 0 Å². The molecule has 0 radical (unpaired) electrons. The molecule has 0 aliphatic rings. The third-order valence-electron chi connectivity index (χ3n) is 3.19. The predicted octanol–water partition coefficient (Wildman–Crippen LogP) is 0.319. The van der Waals surface area contributed by atoms with Crippen molar-refractivity contribution in [3.63, 3.8) is 0 Å². The van der Waals surface area contributed by atoms with Crippen LogP contribution in [0.4, 0.5) is 10.8 Å². The summed E-state index contributed by atoms with van der Waals surface area (Å²) in [6, 6.07) is 5.16. The number of hydrogen-bond acceptors (Lipinski definition) is 6. The number of likely N-dealkylation sites (N-methyl/N-ethyl adjacent to an activating group) is 1. The van der Waals surface area contributed by atoms with Crippen molar-refractivity contribution in [3.8, 4) is 0 Å². The number of nitrogens with two attached hydrogens (primary N) is 1. The van der Waals surface area contributed by atoms with Crippen molar-refractivity contribution in [3.05, 3.63) is 29.6 Å². The van der Waals surface area contributed by atoms with Crippen LogP contribution in [0.1, 0.15) is 0 Å². The largest absolute Gasteiger partial charge is 0.346 e. The van der Waals surface area contributed by atoms with Crippen LogP contribution in [0.25, 0.3) is 15.1 Å². The average molecular weight is 360 g/mol. The Kier molecular flexibility index (Phi) is 5.99. The van der Waals surface area contributed by atoms with Gasteiger partial charge in [-0.3, -0.25) is 14.4 Å². The summed E-state index contributed by atoms with van der Waals surface area (Å²) < 4.78 is 0.696. The first-order valence-corrected chi connectivity index (χ1v) is 8.04. The molecule has 1 aromatic carbocycles. The number of benzene rings is 1. The molecule has 0 bridgehead atoms. The molecule has 10 heteroatoms. The SMILES string of the molecule is [C-]#[N+]c1cccc2nc(NC(=O)CN(C)C(=O)CNC(=O)CN)sc12. The van der Waals surface area contributed by atoms with Gasteiger partial charge in [-0.25, -0.2) is 9.83 Å². The van der Waals surface area contributed by atoms with Crippen LogP contribution in [0.5, 0.6) is 0 Å². The van der Waals surface area contributed by atoms with Gasteiger partial charge in [0, 0.05) is 7.05 Å². The van der Waals surface area contributed by atoms with Gasteiger partial charge in [-0.1, -0.05) is 12.1 Å². The first kappa shape index (κ1) is 18.3. The summed E-state index contributed by atoms with van der Waals surface area (Å²) in [5, 5.41) is 5.30. The van der Waals surface area contributed by atoms with Crippen LogP contribution in [-0.4, -0.2) is 54.3 Å². The molecule has 0 saturated carbocycles. The lowest BCUT2D eigenvalue weighted by atomic mass is 10.3. The highest BCUT2D eigenvalue weighted by Crippen LogP contribution is 2.33. The van der Waals surface area contributed by atoms with E-state index < -0.39 is 17.7 Å². The standard InChI is InChI=1S/C15H16N6O3S/c1-17-9-4-3-5-10-14(9)25-15(19-10)20-12(23)8-21(2)13(24)7-18-11(22)6-16/h3-5H,6-8,16H2,2H3,(H,18,22)(H,19,20,23). The molecule has 0 aliphatic heterocycles. The summed E-state index contributed by atoms with van der Waals surface area (Å²) in [6.07, 6.45) is 0. The van der Waals surface area contributed by atoms with Gasteiger partial charge in [-0.05, 0) is 6.07 Å². The summed E-state index contributed by atoms with van der Waals surface area (Å²) in [7, 11) is 1.45. The van der Waals surface area contributed by atoms with E-state index in [2.05, 4.69) is 20.5 Å². The fourth-order valence-corrected chi connectivity index (χ4v) is 2.86. The number of carbonyl (C=O) groups is 3. The number of rotatable bonds is 6. The maximum absolute atomic E-state index is 12.0. The number of carbonyl (C=O) groups excluding carboxylic acids is 3. The molecule has 130 valence electrons. The molecule has 0 spiro atoms. The van der Waals surface area contributed by atoms with Gasteiger partial charge in [-0.2, -0.15) is 0 Å². The lowest BCUT2D eigenvalue weighted by Crippen LogP contribution is -2.42. The zero-order chi connectivity index (χ0) is 18.4. The van der Waals surface area contributed by atoms with Gasteiger partial charge in [0.05, 0.1) is 36.4 Å². The minimum atomic E-state index is -0.448. The predicted molar refractivity (Wildman–Crippen MR) is 94.2 cm³/mol. The number of thiazole rings is 1. The molecule has 3 amide bonds. The van der Waals surface area contributed by atoms with Gasteiger partial charge in [0.1, 0.15) is 0 Å². The van der Waals surface area contributed by atoms with Crippen LogP contribution in [0.2, 0.25) is 0 Å². The Bertz CT molecular complexity index is 857. The fraction of sp³-hybridized carbons (Fsp3) is 0.267. The Morgan fingerprint density at radius 2 is 2.12 bits per heavy atom. The summed E-state index contributed by atoms with van der Waals surface area (Å²) in [5.41, 5.74) is 6.23. The summed E-state index contributed by atoms with van der Waals surface area (Å²) in [5.74, 6) is -1.29. The van der Waals surface area contributed by atoms with Crippen molar-refractivity contribution in [2.45, 2.75) is 0 Å². The minimum absolute atomic E-state index is 0.192. The minimum Gasteiger partial charge on any atom is -0.346 e. The van der Waals surface area contributed by atoms with Gasteiger partial charge in [-0.15, -0.1) is 11.3 Å². The zero-order valence-corrected chi connectivity index (χ0v) is 14.2. The van der Waals surface area contributed by atoms with Crippen molar-refractivity contribution < 1.29 is 14.4 Å². The molecule has 4 N–H and O–H groups in total. The highest BCUT2D eigenvalue weighted by Gasteiger charge is 2.15. The molecule has 0 saturated heterocycles. The van der Waals surface area contributed by atoms with Crippen LogP contribution in [0, 0.1) is 6.57 Å². The van der Waals surface area contributed by atoms with Crippen LogP contribution < -0.4 is 16.4 Å². The van der Waals surface area contributed by atoms with E-state index in [0.717, 1.165) is 0 Å². The summed E-state index contributed by atoms with van der Waals surface area (Å²) in [4.78, 5) is 43.7. The molecule has 9 nitrogen and oxygen atoms in total. The van der Waals surface area contributed by atoms with E-state index in [1.54, 1.807) is 18.2 Å². The Hall–Kier alpha value is -3.03. The van der Waals surface area contributed by atoms with E-state index in [9.17, 15) is 14.4 Å². The number of aromatic nitrogens is 1. The van der Waals surface area contributed by atoms with E-state index in [1.807, 2.05) is 0 Å². The van der Waals surface area contributed by atoms with Crippen LogP contribution in [0.15, 0.2) is 18.2 Å². The van der Waals surface area contributed by atoms with Gasteiger partial charge in [0.15, 0.2) is 5.13 Å². The van der Waals surface area contributed by atoms with Gasteiger partial charge in [0.25, 0.3) is 0 Å². The van der Waals surface area contributed by atoms with Gasteiger partial charge >= 0.3 is 0 Å². The Balaban J connectivity index is 1.95. The lowest BCUT2D eigenvalue weighted by Gasteiger charge is -2.16. The normalized spacial score (nSPS) is 10.1. The van der Waals surface area contributed by atoms with Gasteiger partial charge < -0.3 is 21.3 Å². The molecular weight excluding hydrogens is 344 g/mol. The first-order chi connectivity index (χ1) is 11.9. The maximum atomic E-state index is 12.0. The highest BCUT2D eigenvalue weighted by atomic mass is 32.1. The number of anilines is 1. The Morgan fingerprint density at radius 1 is 1.36 bits per heavy atom. The van der Waals surface area contributed by atoms with Crippen LogP contribution >= 0.6 is 11.3 Å². The molecule has 0 unspecified atom stereocenters.